The highest BCUT2D eigenvalue weighted by atomic mass is 35.5. The highest BCUT2D eigenvalue weighted by molar-refractivity contribution is 6.33. The van der Waals surface area contributed by atoms with Gasteiger partial charge in [-0.25, -0.2) is 15.0 Å². The van der Waals surface area contributed by atoms with E-state index in [1.165, 1.54) is 0 Å². The van der Waals surface area contributed by atoms with Crippen molar-refractivity contribution in [2.75, 3.05) is 0 Å². The van der Waals surface area contributed by atoms with Crippen LogP contribution < -0.4 is 5.62 Å². The van der Waals surface area contributed by atoms with Crippen molar-refractivity contribution in [2.45, 2.75) is 6.54 Å². The second kappa shape index (κ2) is 7.93. The molecule has 0 fully saturated rings. The van der Waals surface area contributed by atoms with E-state index in [9.17, 15) is 0 Å². The van der Waals surface area contributed by atoms with Gasteiger partial charge in [-0.05, 0) is 17.7 Å². The van der Waals surface area contributed by atoms with Gasteiger partial charge in [-0.15, -0.1) is 0 Å². The van der Waals surface area contributed by atoms with Crippen LogP contribution in [-0.4, -0.2) is 28.7 Å². The van der Waals surface area contributed by atoms with Crippen molar-refractivity contribution in [2.24, 2.45) is 14.1 Å². The SMILES string of the molecule is Cn1cc(Cl)nc1-c1ccc(Cn2c(=N)n(C)c3cnc(-c4ccccc4Cl)nc32)cc1. The Morgan fingerprint density at radius 2 is 1.72 bits per heavy atom. The van der Waals surface area contributed by atoms with Crippen molar-refractivity contribution in [3.63, 3.8) is 0 Å². The van der Waals surface area contributed by atoms with Gasteiger partial charge in [0.05, 0.1) is 17.8 Å². The van der Waals surface area contributed by atoms with Gasteiger partial charge in [0, 0.05) is 31.4 Å². The standard InChI is InChI=1S/C23H19Cl2N7/c1-30-13-19(25)28-21(30)15-9-7-14(8-10-15)12-32-22-18(31(2)23(32)26)11-27-20(29-22)16-5-3-4-6-17(16)24/h3-11,13,26H,12H2,1-2H3. The zero-order chi connectivity index (χ0) is 22.4. The molecular weight excluding hydrogens is 445 g/mol. The first kappa shape index (κ1) is 20.5. The van der Waals surface area contributed by atoms with Crippen LogP contribution in [0.5, 0.6) is 0 Å². The van der Waals surface area contributed by atoms with Gasteiger partial charge >= 0.3 is 0 Å². The quantitative estimate of drug-likeness (QED) is 0.420. The maximum absolute atomic E-state index is 8.60. The number of nitrogens with one attached hydrogen (secondary N) is 1. The first-order valence-corrected chi connectivity index (χ1v) is 10.7. The van der Waals surface area contributed by atoms with Crippen LogP contribution in [0, 0.1) is 5.41 Å². The molecule has 5 aromatic rings. The fourth-order valence-electron chi connectivity index (χ4n) is 3.76. The monoisotopic (exact) mass is 463 g/mol. The predicted octanol–water partition coefficient (Wildman–Crippen LogP) is 4.67. The molecule has 0 amide bonds. The van der Waals surface area contributed by atoms with Gasteiger partial charge in [0.25, 0.3) is 0 Å². The topological polar surface area (TPSA) is 77.3 Å². The lowest BCUT2D eigenvalue weighted by Crippen LogP contribution is -2.23. The van der Waals surface area contributed by atoms with Gasteiger partial charge in [-0.2, -0.15) is 0 Å². The molecule has 2 aromatic carbocycles. The maximum Gasteiger partial charge on any atom is 0.204 e. The molecule has 0 saturated heterocycles. The molecule has 0 spiro atoms. The van der Waals surface area contributed by atoms with Crippen LogP contribution in [0.1, 0.15) is 5.56 Å². The van der Waals surface area contributed by atoms with Gasteiger partial charge < -0.3 is 9.13 Å². The van der Waals surface area contributed by atoms with E-state index >= 15 is 0 Å². The van der Waals surface area contributed by atoms with Crippen LogP contribution in [-0.2, 0) is 20.6 Å². The Morgan fingerprint density at radius 3 is 2.41 bits per heavy atom. The van der Waals surface area contributed by atoms with Crippen molar-refractivity contribution >= 4 is 34.4 Å². The molecule has 32 heavy (non-hydrogen) atoms. The van der Waals surface area contributed by atoms with Crippen molar-refractivity contribution < 1.29 is 0 Å². The summed E-state index contributed by atoms with van der Waals surface area (Å²) in [5.41, 5.74) is 4.58. The minimum atomic E-state index is 0.338. The molecule has 0 unspecified atom stereocenters. The van der Waals surface area contributed by atoms with E-state index in [2.05, 4.69) is 9.97 Å². The van der Waals surface area contributed by atoms with Crippen LogP contribution >= 0.6 is 23.2 Å². The number of halogens is 2. The van der Waals surface area contributed by atoms with Gasteiger partial charge in [0.15, 0.2) is 11.5 Å². The fraction of sp³-hybridized carbons (Fsp3) is 0.130. The van der Waals surface area contributed by atoms with Crippen molar-refractivity contribution in [1.82, 2.24) is 28.7 Å². The number of hydrogen-bond donors (Lipinski definition) is 1. The number of aryl methyl sites for hydroxylation is 2. The van der Waals surface area contributed by atoms with E-state index < -0.39 is 0 Å². The Hall–Kier alpha value is -3.42. The third-order valence-electron chi connectivity index (χ3n) is 5.45. The minimum absolute atomic E-state index is 0.338. The third-order valence-corrected chi connectivity index (χ3v) is 5.97. The molecule has 0 aliphatic rings. The molecule has 3 aromatic heterocycles. The van der Waals surface area contributed by atoms with Crippen LogP contribution in [0.4, 0.5) is 0 Å². The van der Waals surface area contributed by atoms with Crippen LogP contribution in [0.3, 0.4) is 0 Å². The second-order valence-corrected chi connectivity index (χ2v) is 8.34. The smallest absolute Gasteiger partial charge is 0.204 e. The summed E-state index contributed by atoms with van der Waals surface area (Å²) in [6.07, 6.45) is 3.52. The summed E-state index contributed by atoms with van der Waals surface area (Å²) in [6.45, 7) is 0.497. The Labute approximate surface area is 194 Å². The molecule has 0 radical (unpaired) electrons. The summed E-state index contributed by atoms with van der Waals surface area (Å²) in [5, 5.41) is 9.65. The Kier molecular flexibility index (Phi) is 5.07. The van der Waals surface area contributed by atoms with Crippen LogP contribution in [0.15, 0.2) is 60.9 Å². The summed E-state index contributed by atoms with van der Waals surface area (Å²) in [5.74, 6) is 1.34. The highest BCUT2D eigenvalue weighted by Crippen LogP contribution is 2.26. The van der Waals surface area contributed by atoms with Crippen molar-refractivity contribution in [3.05, 3.63) is 82.3 Å². The summed E-state index contributed by atoms with van der Waals surface area (Å²) in [7, 11) is 3.75. The van der Waals surface area contributed by atoms with E-state index in [0.717, 1.165) is 28.0 Å². The van der Waals surface area contributed by atoms with E-state index in [1.807, 2.05) is 71.8 Å². The number of nitrogens with zero attached hydrogens (tertiary/aromatic N) is 6. The lowest BCUT2D eigenvalue weighted by Gasteiger charge is -2.07. The van der Waals surface area contributed by atoms with E-state index in [1.54, 1.807) is 17.0 Å². The zero-order valence-electron chi connectivity index (χ0n) is 17.4. The second-order valence-electron chi connectivity index (χ2n) is 7.55. The van der Waals surface area contributed by atoms with Gasteiger partial charge in [0.2, 0.25) is 5.62 Å². The average molecular weight is 464 g/mol. The molecule has 0 aliphatic carbocycles. The molecule has 160 valence electrons. The molecule has 0 bridgehead atoms. The van der Waals surface area contributed by atoms with Crippen molar-refractivity contribution in [1.29, 1.82) is 5.41 Å². The van der Waals surface area contributed by atoms with Gasteiger partial charge in [0.1, 0.15) is 16.5 Å². The lowest BCUT2D eigenvalue weighted by atomic mass is 10.1. The average Bonchev–Trinajstić information content (AvgIpc) is 3.25. The summed E-state index contributed by atoms with van der Waals surface area (Å²) >= 11 is 12.4. The lowest BCUT2D eigenvalue weighted by molar-refractivity contribution is 0.691. The molecule has 0 aliphatic heterocycles. The van der Waals surface area contributed by atoms with Gasteiger partial charge in [-0.3, -0.25) is 9.98 Å². The highest BCUT2D eigenvalue weighted by Gasteiger charge is 2.15. The molecule has 0 atom stereocenters. The number of fused-ring (bicyclic) bond motifs is 1. The number of hydrogen-bond acceptors (Lipinski definition) is 4. The predicted molar refractivity (Wildman–Crippen MR) is 126 cm³/mol. The Bertz CT molecular complexity index is 1510. The van der Waals surface area contributed by atoms with E-state index in [4.69, 9.17) is 33.6 Å². The summed E-state index contributed by atoms with van der Waals surface area (Å²) < 4.78 is 5.53. The number of aromatic nitrogens is 6. The third kappa shape index (κ3) is 3.49. The first-order chi connectivity index (χ1) is 15.4. The molecule has 0 saturated carbocycles. The summed E-state index contributed by atoms with van der Waals surface area (Å²) in [6, 6.07) is 15.5. The minimum Gasteiger partial charge on any atom is -0.332 e. The molecule has 9 heteroatoms. The molecule has 5 rings (SSSR count). The fourth-order valence-corrected chi connectivity index (χ4v) is 4.21. The number of imidazole rings is 2. The maximum atomic E-state index is 8.60. The first-order valence-electron chi connectivity index (χ1n) is 9.92. The number of benzene rings is 2. The van der Waals surface area contributed by atoms with Gasteiger partial charge in [-0.1, -0.05) is 59.6 Å². The van der Waals surface area contributed by atoms with E-state index in [-0.39, 0.29) is 0 Å². The Balaban J connectivity index is 1.54. The van der Waals surface area contributed by atoms with Crippen LogP contribution in [0.25, 0.3) is 33.9 Å². The van der Waals surface area contributed by atoms with Crippen LogP contribution in [0.2, 0.25) is 10.2 Å². The van der Waals surface area contributed by atoms with E-state index in [0.29, 0.717) is 33.8 Å². The normalized spacial score (nSPS) is 11.4. The Morgan fingerprint density at radius 1 is 0.969 bits per heavy atom. The molecule has 1 N–H and O–H groups in total. The molecule has 3 heterocycles. The largest absolute Gasteiger partial charge is 0.332 e. The molecular formula is C23H19Cl2N7. The summed E-state index contributed by atoms with van der Waals surface area (Å²) in [4.78, 5) is 13.6. The molecule has 7 nitrogen and oxygen atoms in total. The number of rotatable bonds is 4. The zero-order valence-corrected chi connectivity index (χ0v) is 18.9. The van der Waals surface area contributed by atoms with Crippen molar-refractivity contribution in [3.8, 4) is 22.8 Å².